The molecular weight excluding hydrogens is 190 g/mol. The molecule has 1 fully saturated rings. The number of aliphatic hydroxyl groups is 1. The number of aliphatic hydroxyl groups excluding tert-OH is 1. The second kappa shape index (κ2) is 4.29. The molecule has 0 saturated carbocycles. The molecule has 1 aromatic heterocycles. The van der Waals surface area contributed by atoms with E-state index >= 15 is 0 Å². The fourth-order valence-corrected chi connectivity index (χ4v) is 2.02. The first-order chi connectivity index (χ1) is 7.21. The summed E-state index contributed by atoms with van der Waals surface area (Å²) in [5.41, 5.74) is 0.692. The average molecular weight is 207 g/mol. The van der Waals surface area contributed by atoms with E-state index in [1.165, 1.54) is 0 Å². The Morgan fingerprint density at radius 3 is 3.13 bits per heavy atom. The van der Waals surface area contributed by atoms with E-state index in [0.717, 1.165) is 25.0 Å². The van der Waals surface area contributed by atoms with Crippen LogP contribution in [0.3, 0.4) is 0 Å². The molecule has 0 aromatic carbocycles. The first-order valence-corrected chi connectivity index (χ1v) is 5.42. The van der Waals surface area contributed by atoms with E-state index in [-0.39, 0.29) is 5.60 Å². The summed E-state index contributed by atoms with van der Waals surface area (Å²) < 4.78 is 5.60. The maximum atomic E-state index is 10.1. The van der Waals surface area contributed by atoms with Crippen LogP contribution in [0.25, 0.3) is 0 Å². The van der Waals surface area contributed by atoms with Crippen LogP contribution in [0.15, 0.2) is 24.5 Å². The van der Waals surface area contributed by atoms with Crippen LogP contribution in [0.2, 0.25) is 0 Å². The van der Waals surface area contributed by atoms with E-state index in [0.29, 0.717) is 6.42 Å². The molecule has 2 rings (SSSR count). The number of pyridine rings is 1. The number of nitrogens with zero attached hydrogens (tertiary/aromatic N) is 1. The third kappa shape index (κ3) is 2.36. The molecule has 2 atom stereocenters. The predicted octanol–water partition coefficient (Wildman–Crippen LogP) is 1.55. The lowest BCUT2D eigenvalue weighted by molar-refractivity contribution is -0.0768. The van der Waals surface area contributed by atoms with Crippen molar-refractivity contribution in [2.24, 2.45) is 0 Å². The van der Waals surface area contributed by atoms with Crippen LogP contribution in [0, 0.1) is 0 Å². The SMILES string of the molecule is CC1(C(O)Cc2cccnc2)CCCO1. The van der Waals surface area contributed by atoms with Gasteiger partial charge in [-0.05, 0) is 31.4 Å². The number of hydrogen-bond acceptors (Lipinski definition) is 3. The molecule has 0 spiro atoms. The zero-order valence-corrected chi connectivity index (χ0v) is 9.02. The summed E-state index contributed by atoms with van der Waals surface area (Å²) in [6, 6.07) is 3.87. The van der Waals surface area contributed by atoms with Crippen molar-refractivity contribution >= 4 is 0 Å². The highest BCUT2D eigenvalue weighted by Gasteiger charge is 2.37. The quantitative estimate of drug-likeness (QED) is 0.817. The van der Waals surface area contributed by atoms with Gasteiger partial charge in [-0.25, -0.2) is 0 Å². The molecule has 2 heterocycles. The summed E-state index contributed by atoms with van der Waals surface area (Å²) in [6.07, 6.45) is 5.69. The van der Waals surface area contributed by atoms with Crippen molar-refractivity contribution in [1.29, 1.82) is 0 Å². The number of rotatable bonds is 3. The van der Waals surface area contributed by atoms with Crippen molar-refractivity contribution in [2.75, 3.05) is 6.61 Å². The lowest BCUT2D eigenvalue weighted by atomic mass is 9.91. The largest absolute Gasteiger partial charge is 0.390 e. The standard InChI is InChI=1S/C12H17NO2/c1-12(5-3-7-15-12)11(14)8-10-4-2-6-13-9-10/h2,4,6,9,11,14H,3,5,7-8H2,1H3. The molecule has 1 saturated heterocycles. The van der Waals surface area contributed by atoms with Gasteiger partial charge in [-0.3, -0.25) is 4.98 Å². The van der Waals surface area contributed by atoms with Crippen LogP contribution in [-0.2, 0) is 11.2 Å². The van der Waals surface area contributed by atoms with Crippen molar-refractivity contribution in [1.82, 2.24) is 4.98 Å². The van der Waals surface area contributed by atoms with Crippen molar-refractivity contribution in [3.63, 3.8) is 0 Å². The van der Waals surface area contributed by atoms with Gasteiger partial charge in [0.05, 0.1) is 11.7 Å². The van der Waals surface area contributed by atoms with Crippen molar-refractivity contribution in [3.8, 4) is 0 Å². The minimum atomic E-state index is -0.441. The topological polar surface area (TPSA) is 42.4 Å². The summed E-state index contributed by atoms with van der Waals surface area (Å²) in [5.74, 6) is 0. The summed E-state index contributed by atoms with van der Waals surface area (Å²) in [4.78, 5) is 4.04. The minimum absolute atomic E-state index is 0.365. The maximum Gasteiger partial charge on any atom is 0.0916 e. The molecule has 3 heteroatoms. The highest BCUT2D eigenvalue weighted by atomic mass is 16.5. The van der Waals surface area contributed by atoms with Crippen molar-refractivity contribution in [3.05, 3.63) is 30.1 Å². The van der Waals surface area contributed by atoms with Crippen LogP contribution >= 0.6 is 0 Å². The molecular formula is C12H17NO2. The van der Waals surface area contributed by atoms with Crippen LogP contribution in [0.4, 0.5) is 0 Å². The second-order valence-corrected chi connectivity index (χ2v) is 4.35. The monoisotopic (exact) mass is 207 g/mol. The Hall–Kier alpha value is -0.930. The second-order valence-electron chi connectivity index (χ2n) is 4.35. The van der Waals surface area contributed by atoms with E-state index in [4.69, 9.17) is 4.74 Å². The molecule has 1 aliphatic heterocycles. The number of ether oxygens (including phenoxy) is 1. The molecule has 15 heavy (non-hydrogen) atoms. The normalized spacial score (nSPS) is 27.9. The Labute approximate surface area is 90.1 Å². The fraction of sp³-hybridized carbons (Fsp3) is 0.583. The van der Waals surface area contributed by atoms with E-state index in [2.05, 4.69) is 4.98 Å². The van der Waals surface area contributed by atoms with Crippen LogP contribution in [0.1, 0.15) is 25.3 Å². The lowest BCUT2D eigenvalue weighted by Crippen LogP contribution is -2.40. The molecule has 1 aliphatic rings. The molecule has 0 radical (unpaired) electrons. The van der Waals surface area contributed by atoms with Gasteiger partial charge in [0.15, 0.2) is 0 Å². The van der Waals surface area contributed by atoms with Gasteiger partial charge in [-0.1, -0.05) is 6.07 Å². The third-order valence-corrected chi connectivity index (χ3v) is 3.11. The smallest absolute Gasteiger partial charge is 0.0916 e. The van der Waals surface area contributed by atoms with Gasteiger partial charge in [0.25, 0.3) is 0 Å². The number of aromatic nitrogens is 1. The maximum absolute atomic E-state index is 10.1. The van der Waals surface area contributed by atoms with Crippen molar-refractivity contribution in [2.45, 2.75) is 37.9 Å². The molecule has 1 N–H and O–H groups in total. The van der Waals surface area contributed by atoms with Gasteiger partial charge >= 0.3 is 0 Å². The van der Waals surface area contributed by atoms with Gasteiger partial charge < -0.3 is 9.84 Å². The van der Waals surface area contributed by atoms with Gasteiger partial charge in [0, 0.05) is 25.4 Å². The van der Waals surface area contributed by atoms with Crippen LogP contribution < -0.4 is 0 Å². The van der Waals surface area contributed by atoms with Crippen LogP contribution in [-0.4, -0.2) is 28.4 Å². The van der Waals surface area contributed by atoms with Crippen molar-refractivity contribution < 1.29 is 9.84 Å². The highest BCUT2D eigenvalue weighted by Crippen LogP contribution is 2.30. The van der Waals surface area contributed by atoms with E-state index < -0.39 is 6.10 Å². The average Bonchev–Trinajstić information content (AvgIpc) is 2.68. The van der Waals surface area contributed by atoms with E-state index in [9.17, 15) is 5.11 Å². The summed E-state index contributed by atoms with van der Waals surface area (Å²) in [7, 11) is 0. The predicted molar refractivity (Wildman–Crippen MR) is 57.5 cm³/mol. The molecule has 0 aliphatic carbocycles. The molecule has 2 unspecified atom stereocenters. The molecule has 1 aromatic rings. The fourth-order valence-electron chi connectivity index (χ4n) is 2.02. The zero-order valence-electron chi connectivity index (χ0n) is 9.02. The van der Waals surface area contributed by atoms with E-state index in [1.54, 1.807) is 12.4 Å². The minimum Gasteiger partial charge on any atom is -0.390 e. The number of hydrogen-bond donors (Lipinski definition) is 1. The highest BCUT2D eigenvalue weighted by molar-refractivity contribution is 5.11. The summed E-state index contributed by atoms with van der Waals surface area (Å²) in [5, 5.41) is 10.1. The zero-order chi connectivity index (χ0) is 10.7. The van der Waals surface area contributed by atoms with E-state index in [1.807, 2.05) is 19.1 Å². The Kier molecular flexibility index (Phi) is 3.03. The molecule has 82 valence electrons. The molecule has 0 amide bonds. The van der Waals surface area contributed by atoms with Gasteiger partial charge in [0.1, 0.15) is 0 Å². The van der Waals surface area contributed by atoms with Gasteiger partial charge in [-0.15, -0.1) is 0 Å². The van der Waals surface area contributed by atoms with Gasteiger partial charge in [0.2, 0.25) is 0 Å². The summed E-state index contributed by atoms with van der Waals surface area (Å²) >= 11 is 0. The first kappa shape index (κ1) is 10.6. The molecule has 0 bridgehead atoms. The Balaban J connectivity index is 2.00. The molecule has 3 nitrogen and oxygen atoms in total. The lowest BCUT2D eigenvalue weighted by Gasteiger charge is -2.29. The Morgan fingerprint density at radius 2 is 2.53 bits per heavy atom. The van der Waals surface area contributed by atoms with Crippen LogP contribution in [0.5, 0.6) is 0 Å². The summed E-state index contributed by atoms with van der Waals surface area (Å²) in [6.45, 7) is 2.75. The Morgan fingerprint density at radius 1 is 1.67 bits per heavy atom. The third-order valence-electron chi connectivity index (χ3n) is 3.11. The Bertz CT molecular complexity index is 307. The first-order valence-electron chi connectivity index (χ1n) is 5.42. The van der Waals surface area contributed by atoms with Gasteiger partial charge in [-0.2, -0.15) is 0 Å².